The molecular weight excluding hydrogens is 288 g/mol. The van der Waals surface area contributed by atoms with E-state index in [1.54, 1.807) is 0 Å². The van der Waals surface area contributed by atoms with Crippen LogP contribution in [0, 0.1) is 5.92 Å². The molecule has 0 radical (unpaired) electrons. The molecule has 116 valence electrons. The quantitative estimate of drug-likeness (QED) is 0.898. The van der Waals surface area contributed by atoms with Crippen molar-refractivity contribution in [2.75, 3.05) is 19.6 Å². The molecule has 2 N–H and O–H groups in total. The number of amides is 2. The smallest absolute Gasteiger partial charge is 0.317 e. The minimum atomic E-state index is -0.280. The number of carbonyl (C=O) groups excluding carboxylic acids is 1. The Balaban J connectivity index is 1.71. The number of benzene rings is 1. The van der Waals surface area contributed by atoms with Crippen LogP contribution in [0.4, 0.5) is 4.79 Å². The third-order valence-corrected chi connectivity index (χ3v) is 4.32. The average Bonchev–Trinajstić information content (AvgIpc) is 2.47. The van der Waals surface area contributed by atoms with E-state index in [0.717, 1.165) is 42.9 Å². The van der Waals surface area contributed by atoms with Gasteiger partial charge in [-0.2, -0.15) is 0 Å². The zero-order chi connectivity index (χ0) is 15.2. The monoisotopic (exact) mass is 310 g/mol. The highest BCUT2D eigenvalue weighted by atomic mass is 35.5. The Bertz CT molecular complexity index is 471. The van der Waals surface area contributed by atoms with Crippen LogP contribution in [0.25, 0.3) is 0 Å². The summed E-state index contributed by atoms with van der Waals surface area (Å²) in [5.74, 6) is 0.320. The number of nitrogens with one attached hydrogen (secondary N) is 1. The lowest BCUT2D eigenvalue weighted by Gasteiger charge is -2.33. The number of hydrogen-bond acceptors (Lipinski definition) is 2. The van der Waals surface area contributed by atoms with Crippen LogP contribution in [0.3, 0.4) is 0 Å². The molecule has 21 heavy (non-hydrogen) atoms. The second-order valence-electron chi connectivity index (χ2n) is 5.68. The normalized spacial score (nSPS) is 17.6. The molecule has 1 unspecified atom stereocenters. The van der Waals surface area contributed by atoms with E-state index < -0.39 is 0 Å². The van der Waals surface area contributed by atoms with E-state index in [9.17, 15) is 9.90 Å². The summed E-state index contributed by atoms with van der Waals surface area (Å²) in [6.45, 7) is 3.87. The molecule has 0 aromatic heterocycles. The molecule has 1 aromatic carbocycles. The third-order valence-electron chi connectivity index (χ3n) is 4.09. The first-order chi connectivity index (χ1) is 10.1. The van der Waals surface area contributed by atoms with E-state index >= 15 is 0 Å². The summed E-state index contributed by atoms with van der Waals surface area (Å²) >= 11 is 5.93. The van der Waals surface area contributed by atoms with Gasteiger partial charge >= 0.3 is 6.03 Å². The second-order valence-corrected chi connectivity index (χ2v) is 6.11. The van der Waals surface area contributed by atoms with Crippen molar-refractivity contribution in [1.82, 2.24) is 10.2 Å². The molecule has 1 fully saturated rings. The fraction of sp³-hybridized carbons (Fsp3) is 0.562. The van der Waals surface area contributed by atoms with Crippen LogP contribution in [-0.4, -0.2) is 41.8 Å². The Morgan fingerprint density at radius 1 is 1.48 bits per heavy atom. The number of halogens is 1. The van der Waals surface area contributed by atoms with Gasteiger partial charge in [-0.05, 0) is 49.8 Å². The molecule has 2 amide bonds. The molecule has 1 aliphatic heterocycles. The maximum Gasteiger partial charge on any atom is 0.317 e. The number of hydrogen-bond donors (Lipinski definition) is 2. The lowest BCUT2D eigenvalue weighted by atomic mass is 9.92. The fourth-order valence-corrected chi connectivity index (χ4v) is 2.92. The van der Waals surface area contributed by atoms with Crippen molar-refractivity contribution in [2.24, 2.45) is 5.92 Å². The van der Waals surface area contributed by atoms with Gasteiger partial charge in [0.15, 0.2) is 0 Å². The summed E-state index contributed by atoms with van der Waals surface area (Å²) in [5.41, 5.74) is 1.12. The molecule has 1 aromatic rings. The topological polar surface area (TPSA) is 52.6 Å². The molecule has 1 aliphatic rings. The first-order valence-corrected chi connectivity index (χ1v) is 7.89. The minimum absolute atomic E-state index is 0.0129. The lowest BCUT2D eigenvalue weighted by molar-refractivity contribution is 0.0799. The molecule has 1 saturated heterocycles. The minimum Gasteiger partial charge on any atom is -0.393 e. The van der Waals surface area contributed by atoms with Crippen LogP contribution in [0.5, 0.6) is 0 Å². The number of piperidine rings is 1. The maximum atomic E-state index is 12.1. The molecule has 4 nitrogen and oxygen atoms in total. The van der Waals surface area contributed by atoms with E-state index in [2.05, 4.69) is 5.32 Å². The Kier molecular flexibility index (Phi) is 5.88. The molecule has 1 atom stereocenters. The van der Waals surface area contributed by atoms with Crippen LogP contribution in [0.1, 0.15) is 25.3 Å². The number of urea groups is 1. The van der Waals surface area contributed by atoms with Gasteiger partial charge in [0.05, 0.1) is 6.10 Å². The van der Waals surface area contributed by atoms with Gasteiger partial charge in [-0.3, -0.25) is 0 Å². The predicted octanol–water partition coefficient (Wildman–Crippen LogP) is 2.68. The summed E-state index contributed by atoms with van der Waals surface area (Å²) < 4.78 is 0. The number of rotatable bonds is 4. The average molecular weight is 311 g/mol. The highest BCUT2D eigenvalue weighted by molar-refractivity contribution is 6.30. The number of carbonyl (C=O) groups is 1. The van der Waals surface area contributed by atoms with E-state index in [0.29, 0.717) is 12.5 Å². The molecule has 0 saturated carbocycles. The molecular formula is C16H23ClN2O2. The van der Waals surface area contributed by atoms with E-state index in [4.69, 9.17) is 11.6 Å². The van der Waals surface area contributed by atoms with Gasteiger partial charge in [0.25, 0.3) is 0 Å². The van der Waals surface area contributed by atoms with Crippen molar-refractivity contribution in [1.29, 1.82) is 0 Å². The molecule has 5 heteroatoms. The predicted molar refractivity (Wildman–Crippen MR) is 84.5 cm³/mol. The standard InChI is InChI=1S/C16H23ClN2O2/c1-12(20)14-6-9-19(10-7-14)16(21)18-8-5-13-3-2-4-15(17)11-13/h2-4,11-12,14,20H,5-10H2,1H3,(H,18,21). The van der Waals surface area contributed by atoms with E-state index in [1.165, 1.54) is 0 Å². The Hall–Kier alpha value is -1.26. The Labute approximate surface area is 131 Å². The van der Waals surface area contributed by atoms with Crippen LogP contribution < -0.4 is 5.32 Å². The summed E-state index contributed by atoms with van der Waals surface area (Å²) in [5, 5.41) is 13.2. The number of aliphatic hydroxyl groups is 1. The van der Waals surface area contributed by atoms with Crippen molar-refractivity contribution in [3.8, 4) is 0 Å². The number of nitrogens with zero attached hydrogens (tertiary/aromatic N) is 1. The highest BCUT2D eigenvalue weighted by Gasteiger charge is 2.25. The van der Waals surface area contributed by atoms with E-state index in [-0.39, 0.29) is 12.1 Å². The first-order valence-electron chi connectivity index (χ1n) is 7.51. The summed E-state index contributed by atoms with van der Waals surface area (Å²) in [6.07, 6.45) is 2.24. The van der Waals surface area contributed by atoms with E-state index in [1.807, 2.05) is 36.1 Å². The van der Waals surface area contributed by atoms with Crippen molar-refractivity contribution in [3.05, 3.63) is 34.9 Å². The zero-order valence-corrected chi connectivity index (χ0v) is 13.1. The molecule has 2 rings (SSSR count). The summed E-state index contributed by atoms with van der Waals surface area (Å²) in [7, 11) is 0. The van der Waals surface area contributed by atoms with Gasteiger partial charge < -0.3 is 15.3 Å². The van der Waals surface area contributed by atoms with Gasteiger partial charge in [0.2, 0.25) is 0 Å². The van der Waals surface area contributed by atoms with Crippen LogP contribution in [-0.2, 0) is 6.42 Å². The zero-order valence-electron chi connectivity index (χ0n) is 12.4. The Morgan fingerprint density at radius 3 is 2.81 bits per heavy atom. The SMILES string of the molecule is CC(O)C1CCN(C(=O)NCCc2cccc(Cl)c2)CC1. The number of likely N-dealkylation sites (tertiary alicyclic amines) is 1. The first kappa shape index (κ1) is 16.1. The third kappa shape index (κ3) is 4.90. The van der Waals surface area contributed by atoms with Crippen molar-refractivity contribution >= 4 is 17.6 Å². The van der Waals surface area contributed by atoms with Crippen LogP contribution >= 0.6 is 11.6 Å². The maximum absolute atomic E-state index is 12.1. The van der Waals surface area contributed by atoms with Crippen LogP contribution in [0.15, 0.2) is 24.3 Å². The van der Waals surface area contributed by atoms with Crippen molar-refractivity contribution in [3.63, 3.8) is 0 Å². The van der Waals surface area contributed by atoms with Gasteiger partial charge in [0, 0.05) is 24.7 Å². The van der Waals surface area contributed by atoms with Gasteiger partial charge in [-0.15, -0.1) is 0 Å². The fourth-order valence-electron chi connectivity index (χ4n) is 2.70. The van der Waals surface area contributed by atoms with Gasteiger partial charge in [-0.1, -0.05) is 23.7 Å². The largest absolute Gasteiger partial charge is 0.393 e. The van der Waals surface area contributed by atoms with Gasteiger partial charge in [0.1, 0.15) is 0 Å². The molecule has 0 bridgehead atoms. The van der Waals surface area contributed by atoms with Crippen molar-refractivity contribution < 1.29 is 9.90 Å². The molecule has 1 heterocycles. The summed E-state index contributed by atoms with van der Waals surface area (Å²) in [6, 6.07) is 7.67. The molecule has 0 spiro atoms. The Morgan fingerprint density at radius 2 is 2.19 bits per heavy atom. The summed E-state index contributed by atoms with van der Waals surface area (Å²) in [4.78, 5) is 13.9. The lowest BCUT2D eigenvalue weighted by Crippen LogP contribution is -2.46. The van der Waals surface area contributed by atoms with Crippen LogP contribution in [0.2, 0.25) is 5.02 Å². The number of aliphatic hydroxyl groups excluding tert-OH is 1. The highest BCUT2D eigenvalue weighted by Crippen LogP contribution is 2.20. The van der Waals surface area contributed by atoms with Crippen molar-refractivity contribution in [2.45, 2.75) is 32.3 Å². The second kappa shape index (κ2) is 7.66. The van der Waals surface area contributed by atoms with Gasteiger partial charge in [-0.25, -0.2) is 4.79 Å². The molecule has 0 aliphatic carbocycles.